The summed E-state index contributed by atoms with van der Waals surface area (Å²) in [5.41, 5.74) is 7.39. The monoisotopic (exact) mass is 261 g/mol. The lowest BCUT2D eigenvalue weighted by molar-refractivity contribution is -0.138. The van der Waals surface area contributed by atoms with Gasteiger partial charge < -0.3 is 15.5 Å². The predicted octanol–water partition coefficient (Wildman–Crippen LogP) is 0.517. The SMILES string of the molecule is Cc1ccc(N2CC(C)N(C(=O)CN)CC2=O)cc1. The molecule has 102 valence electrons. The van der Waals surface area contributed by atoms with Crippen LogP contribution in [-0.4, -0.2) is 42.4 Å². The summed E-state index contributed by atoms with van der Waals surface area (Å²) in [5.74, 6) is -0.242. The van der Waals surface area contributed by atoms with Gasteiger partial charge in [0.2, 0.25) is 11.8 Å². The first-order valence-electron chi connectivity index (χ1n) is 6.39. The van der Waals surface area contributed by atoms with Crippen LogP contribution in [0.4, 0.5) is 5.69 Å². The molecule has 5 heteroatoms. The lowest BCUT2D eigenvalue weighted by Gasteiger charge is -2.39. The first-order valence-corrected chi connectivity index (χ1v) is 6.39. The van der Waals surface area contributed by atoms with E-state index >= 15 is 0 Å². The summed E-state index contributed by atoms with van der Waals surface area (Å²) in [6.07, 6.45) is 0. The molecule has 2 N–H and O–H groups in total. The van der Waals surface area contributed by atoms with Crippen LogP contribution in [0.2, 0.25) is 0 Å². The Bertz CT molecular complexity index is 484. The van der Waals surface area contributed by atoms with Crippen molar-refractivity contribution < 1.29 is 9.59 Å². The fraction of sp³-hybridized carbons (Fsp3) is 0.429. The molecule has 1 heterocycles. The van der Waals surface area contributed by atoms with Gasteiger partial charge in [-0.2, -0.15) is 0 Å². The summed E-state index contributed by atoms with van der Waals surface area (Å²) in [7, 11) is 0. The molecular formula is C14H19N3O2. The Labute approximate surface area is 113 Å². The third-order valence-corrected chi connectivity index (χ3v) is 3.43. The van der Waals surface area contributed by atoms with Crippen molar-refractivity contribution in [3.8, 4) is 0 Å². The first kappa shape index (κ1) is 13.5. The number of nitrogens with zero attached hydrogens (tertiary/aromatic N) is 2. The molecule has 19 heavy (non-hydrogen) atoms. The van der Waals surface area contributed by atoms with Gasteiger partial charge in [-0.1, -0.05) is 17.7 Å². The van der Waals surface area contributed by atoms with Crippen molar-refractivity contribution in [2.75, 3.05) is 24.5 Å². The molecule has 0 spiro atoms. The largest absolute Gasteiger partial charge is 0.328 e. The average Bonchev–Trinajstić information content (AvgIpc) is 2.41. The Morgan fingerprint density at radius 1 is 1.37 bits per heavy atom. The van der Waals surface area contributed by atoms with E-state index in [2.05, 4.69) is 0 Å². The quantitative estimate of drug-likeness (QED) is 0.844. The normalized spacial score (nSPS) is 19.7. The summed E-state index contributed by atoms with van der Waals surface area (Å²) in [5, 5.41) is 0. The van der Waals surface area contributed by atoms with Crippen LogP contribution >= 0.6 is 0 Å². The third kappa shape index (κ3) is 2.76. The van der Waals surface area contributed by atoms with Crippen molar-refractivity contribution in [2.45, 2.75) is 19.9 Å². The topological polar surface area (TPSA) is 66.6 Å². The van der Waals surface area contributed by atoms with Crippen LogP contribution in [0.5, 0.6) is 0 Å². The average molecular weight is 261 g/mol. The van der Waals surface area contributed by atoms with Gasteiger partial charge in [0.05, 0.1) is 6.54 Å². The van der Waals surface area contributed by atoms with Crippen molar-refractivity contribution >= 4 is 17.5 Å². The number of rotatable bonds is 2. The van der Waals surface area contributed by atoms with Gasteiger partial charge in [0, 0.05) is 18.3 Å². The number of amides is 2. The molecule has 1 aliphatic heterocycles. The maximum absolute atomic E-state index is 12.1. The molecule has 0 aromatic heterocycles. The summed E-state index contributed by atoms with van der Waals surface area (Å²) in [6.45, 7) is 4.49. The summed E-state index contributed by atoms with van der Waals surface area (Å²) < 4.78 is 0. The van der Waals surface area contributed by atoms with Gasteiger partial charge in [0.1, 0.15) is 6.54 Å². The number of hydrogen-bond acceptors (Lipinski definition) is 3. The molecule has 2 rings (SSSR count). The van der Waals surface area contributed by atoms with Crippen LogP contribution < -0.4 is 10.6 Å². The number of carbonyl (C=O) groups is 2. The minimum absolute atomic E-state index is 0.0185. The van der Waals surface area contributed by atoms with Crippen LogP contribution in [0.25, 0.3) is 0 Å². The predicted molar refractivity (Wildman–Crippen MR) is 73.8 cm³/mol. The molecule has 1 atom stereocenters. The number of benzene rings is 1. The van der Waals surface area contributed by atoms with E-state index in [9.17, 15) is 9.59 Å². The first-order chi connectivity index (χ1) is 9.02. The highest BCUT2D eigenvalue weighted by atomic mass is 16.2. The molecule has 2 amide bonds. The van der Waals surface area contributed by atoms with E-state index in [4.69, 9.17) is 5.73 Å². The highest BCUT2D eigenvalue weighted by Crippen LogP contribution is 2.20. The van der Waals surface area contributed by atoms with Crippen LogP contribution in [0.15, 0.2) is 24.3 Å². The zero-order valence-corrected chi connectivity index (χ0v) is 11.3. The Kier molecular flexibility index (Phi) is 3.85. The van der Waals surface area contributed by atoms with Crippen molar-refractivity contribution in [1.82, 2.24) is 4.90 Å². The smallest absolute Gasteiger partial charge is 0.246 e. The number of aryl methyl sites for hydroxylation is 1. The number of hydrogen-bond donors (Lipinski definition) is 1. The second-order valence-electron chi connectivity index (χ2n) is 4.91. The summed E-state index contributed by atoms with van der Waals surface area (Å²) in [6, 6.07) is 7.80. The highest BCUT2D eigenvalue weighted by Gasteiger charge is 2.32. The van der Waals surface area contributed by atoms with E-state index in [0.717, 1.165) is 11.3 Å². The van der Waals surface area contributed by atoms with Gasteiger partial charge >= 0.3 is 0 Å². The fourth-order valence-corrected chi connectivity index (χ4v) is 2.28. The Hall–Kier alpha value is -1.88. The molecule has 1 unspecified atom stereocenters. The zero-order valence-electron chi connectivity index (χ0n) is 11.3. The molecule has 1 aromatic carbocycles. The van der Waals surface area contributed by atoms with Crippen molar-refractivity contribution in [1.29, 1.82) is 0 Å². The molecule has 0 saturated carbocycles. The summed E-state index contributed by atoms with van der Waals surface area (Å²) >= 11 is 0. The maximum Gasteiger partial charge on any atom is 0.246 e. The van der Waals surface area contributed by atoms with Crippen molar-refractivity contribution in [2.24, 2.45) is 5.73 Å². The molecule has 0 bridgehead atoms. The van der Waals surface area contributed by atoms with E-state index in [-0.39, 0.29) is 30.9 Å². The van der Waals surface area contributed by atoms with Gasteiger partial charge in [0.15, 0.2) is 0 Å². The van der Waals surface area contributed by atoms with Crippen molar-refractivity contribution in [3.63, 3.8) is 0 Å². The minimum Gasteiger partial charge on any atom is -0.328 e. The van der Waals surface area contributed by atoms with E-state index < -0.39 is 0 Å². The fourth-order valence-electron chi connectivity index (χ4n) is 2.28. The molecular weight excluding hydrogens is 242 g/mol. The number of carbonyl (C=O) groups excluding carboxylic acids is 2. The van der Waals surface area contributed by atoms with Gasteiger partial charge in [-0.15, -0.1) is 0 Å². The number of piperazine rings is 1. The van der Waals surface area contributed by atoms with E-state index in [1.165, 1.54) is 0 Å². The molecule has 1 saturated heterocycles. The van der Waals surface area contributed by atoms with Crippen LogP contribution in [0, 0.1) is 6.92 Å². The van der Waals surface area contributed by atoms with Gasteiger partial charge in [0.25, 0.3) is 0 Å². The third-order valence-electron chi connectivity index (χ3n) is 3.43. The molecule has 1 aromatic rings. The van der Waals surface area contributed by atoms with Gasteiger partial charge in [-0.3, -0.25) is 9.59 Å². The van der Waals surface area contributed by atoms with Crippen LogP contribution in [0.1, 0.15) is 12.5 Å². The second-order valence-corrected chi connectivity index (χ2v) is 4.91. The molecule has 0 radical (unpaired) electrons. The van der Waals surface area contributed by atoms with Crippen LogP contribution in [0.3, 0.4) is 0 Å². The van der Waals surface area contributed by atoms with Crippen molar-refractivity contribution in [3.05, 3.63) is 29.8 Å². The zero-order chi connectivity index (χ0) is 14.0. The highest BCUT2D eigenvalue weighted by molar-refractivity contribution is 5.98. The maximum atomic E-state index is 12.1. The Morgan fingerprint density at radius 2 is 2.00 bits per heavy atom. The molecule has 1 aliphatic rings. The lowest BCUT2D eigenvalue weighted by Crippen LogP contribution is -2.58. The molecule has 1 fully saturated rings. The second kappa shape index (κ2) is 5.40. The molecule has 5 nitrogen and oxygen atoms in total. The Balaban J connectivity index is 2.16. The van der Waals surface area contributed by atoms with E-state index in [1.807, 2.05) is 38.1 Å². The van der Waals surface area contributed by atoms with Gasteiger partial charge in [-0.05, 0) is 26.0 Å². The standard InChI is InChI=1S/C14H19N3O2/c1-10-3-5-12(6-4-10)17-8-11(2)16(9-14(17)19)13(18)7-15/h3-6,11H,7-9,15H2,1-2H3. The minimum atomic E-state index is -0.176. The molecule has 0 aliphatic carbocycles. The summed E-state index contributed by atoms with van der Waals surface area (Å²) in [4.78, 5) is 27.1. The van der Waals surface area contributed by atoms with Crippen LogP contribution in [-0.2, 0) is 9.59 Å². The Morgan fingerprint density at radius 3 is 2.58 bits per heavy atom. The van der Waals surface area contributed by atoms with Gasteiger partial charge in [-0.25, -0.2) is 0 Å². The van der Waals surface area contributed by atoms with E-state index in [0.29, 0.717) is 6.54 Å². The number of anilines is 1. The lowest BCUT2D eigenvalue weighted by atomic mass is 10.1. The number of nitrogens with two attached hydrogens (primary N) is 1. The van der Waals surface area contributed by atoms with E-state index in [1.54, 1.807) is 9.80 Å².